The highest BCUT2D eigenvalue weighted by Crippen LogP contribution is 2.20. The van der Waals surface area contributed by atoms with Crippen LogP contribution in [0.1, 0.15) is 36.0 Å². The van der Waals surface area contributed by atoms with Crippen molar-refractivity contribution in [1.82, 2.24) is 4.98 Å². The fourth-order valence-electron chi connectivity index (χ4n) is 2.80. The molecule has 1 aliphatic heterocycles. The maximum atomic E-state index is 12.5. The van der Waals surface area contributed by atoms with E-state index in [4.69, 9.17) is 0 Å². The summed E-state index contributed by atoms with van der Waals surface area (Å²) in [4.78, 5) is 19.2. The minimum absolute atomic E-state index is 0.110. The maximum absolute atomic E-state index is 12.5. The molecule has 1 saturated heterocycles. The minimum Gasteiger partial charge on any atom is -0.357 e. The van der Waals surface area contributed by atoms with Crippen LogP contribution in [0.3, 0.4) is 0 Å². The average Bonchev–Trinajstić information content (AvgIpc) is 2.84. The van der Waals surface area contributed by atoms with Gasteiger partial charge in [-0.05, 0) is 43.2 Å². The van der Waals surface area contributed by atoms with Crippen molar-refractivity contribution in [2.24, 2.45) is 0 Å². The lowest BCUT2D eigenvalue weighted by Crippen LogP contribution is -2.25. The Morgan fingerprint density at radius 3 is 2.61 bits per heavy atom. The van der Waals surface area contributed by atoms with E-state index in [1.165, 1.54) is 25.7 Å². The summed E-state index contributed by atoms with van der Waals surface area (Å²) in [6, 6.07) is 11.2. The van der Waals surface area contributed by atoms with Gasteiger partial charge in [0.25, 0.3) is 5.91 Å². The van der Waals surface area contributed by atoms with Crippen molar-refractivity contribution in [3.05, 3.63) is 52.6 Å². The predicted molar refractivity (Wildman–Crippen MR) is 97.0 cm³/mol. The lowest BCUT2D eigenvalue weighted by molar-refractivity contribution is 0.102. The van der Waals surface area contributed by atoms with Gasteiger partial charge < -0.3 is 10.2 Å². The number of aromatic nitrogens is 1. The quantitative estimate of drug-likeness (QED) is 0.862. The number of carbonyl (C=O) groups excluding carboxylic acids is 1. The summed E-state index contributed by atoms with van der Waals surface area (Å²) in [5.41, 5.74) is 1.41. The molecular formula is C18H20BrN3O. The van der Waals surface area contributed by atoms with E-state index in [0.717, 1.165) is 29.1 Å². The molecule has 0 radical (unpaired) electrons. The minimum atomic E-state index is -0.110. The van der Waals surface area contributed by atoms with Crippen LogP contribution in [-0.4, -0.2) is 24.0 Å². The topological polar surface area (TPSA) is 45.2 Å². The summed E-state index contributed by atoms with van der Waals surface area (Å²) >= 11 is 3.41. The van der Waals surface area contributed by atoms with E-state index in [1.54, 1.807) is 12.3 Å². The molecule has 120 valence electrons. The lowest BCUT2D eigenvalue weighted by atomic mass is 10.2. The third kappa shape index (κ3) is 4.32. The second-order valence-corrected chi connectivity index (χ2v) is 6.68. The Kier molecular flexibility index (Phi) is 5.28. The molecule has 0 unspecified atom stereocenters. The average molecular weight is 374 g/mol. The Labute approximate surface area is 145 Å². The van der Waals surface area contributed by atoms with Crippen molar-refractivity contribution in [2.75, 3.05) is 23.3 Å². The number of halogens is 1. The molecule has 4 nitrogen and oxygen atoms in total. The van der Waals surface area contributed by atoms with Crippen molar-refractivity contribution in [3.63, 3.8) is 0 Å². The van der Waals surface area contributed by atoms with Crippen molar-refractivity contribution in [2.45, 2.75) is 25.7 Å². The second kappa shape index (κ2) is 7.59. The number of hydrogen-bond donors (Lipinski definition) is 1. The van der Waals surface area contributed by atoms with Gasteiger partial charge in [0.2, 0.25) is 0 Å². The van der Waals surface area contributed by atoms with Crippen LogP contribution in [0.4, 0.5) is 11.5 Å². The molecule has 0 spiro atoms. The number of hydrogen-bond acceptors (Lipinski definition) is 3. The molecule has 2 aromatic rings. The predicted octanol–water partition coefficient (Wildman–Crippen LogP) is 4.48. The van der Waals surface area contributed by atoms with Crippen LogP contribution in [0.5, 0.6) is 0 Å². The summed E-state index contributed by atoms with van der Waals surface area (Å²) in [5, 5.41) is 2.93. The van der Waals surface area contributed by atoms with Gasteiger partial charge in [-0.2, -0.15) is 0 Å². The molecule has 1 aromatic heterocycles. The molecule has 0 saturated carbocycles. The van der Waals surface area contributed by atoms with Crippen molar-refractivity contribution < 1.29 is 4.79 Å². The van der Waals surface area contributed by atoms with Gasteiger partial charge >= 0.3 is 0 Å². The monoisotopic (exact) mass is 373 g/mol. The zero-order valence-electron chi connectivity index (χ0n) is 13.0. The number of amides is 1. The van der Waals surface area contributed by atoms with Crippen LogP contribution in [0.15, 0.2) is 47.1 Å². The first-order valence-corrected chi connectivity index (χ1v) is 8.79. The van der Waals surface area contributed by atoms with Gasteiger partial charge in [0.15, 0.2) is 0 Å². The van der Waals surface area contributed by atoms with E-state index in [-0.39, 0.29) is 5.91 Å². The number of rotatable bonds is 3. The molecular weight excluding hydrogens is 354 g/mol. The van der Waals surface area contributed by atoms with Crippen molar-refractivity contribution in [1.29, 1.82) is 0 Å². The van der Waals surface area contributed by atoms with Gasteiger partial charge in [-0.25, -0.2) is 4.98 Å². The van der Waals surface area contributed by atoms with Crippen molar-refractivity contribution in [3.8, 4) is 0 Å². The third-order valence-corrected chi connectivity index (χ3v) is 4.51. The first-order valence-electron chi connectivity index (χ1n) is 8.00. The first kappa shape index (κ1) is 16.0. The normalized spacial score (nSPS) is 15.1. The lowest BCUT2D eigenvalue weighted by Gasteiger charge is -2.21. The van der Waals surface area contributed by atoms with Gasteiger partial charge in [-0.3, -0.25) is 4.79 Å². The Hall–Kier alpha value is -1.88. The SMILES string of the molecule is O=C(Nc1cccc(Br)c1)c1ccnc(N2CCCCCC2)c1. The molecule has 23 heavy (non-hydrogen) atoms. The molecule has 3 rings (SSSR count). The molecule has 1 aliphatic rings. The summed E-state index contributed by atoms with van der Waals surface area (Å²) < 4.78 is 0.940. The van der Waals surface area contributed by atoms with E-state index in [9.17, 15) is 4.79 Å². The Bertz CT molecular complexity index is 681. The number of benzene rings is 1. The summed E-state index contributed by atoms with van der Waals surface area (Å²) in [6.07, 6.45) is 6.65. The van der Waals surface area contributed by atoms with E-state index < -0.39 is 0 Å². The van der Waals surface area contributed by atoms with E-state index in [2.05, 4.69) is 31.1 Å². The molecule has 0 aliphatic carbocycles. The Balaban J connectivity index is 1.74. The van der Waals surface area contributed by atoms with Crippen LogP contribution in [0.25, 0.3) is 0 Å². The van der Waals surface area contributed by atoms with Crippen LogP contribution < -0.4 is 10.2 Å². The van der Waals surface area contributed by atoms with E-state index in [1.807, 2.05) is 30.3 Å². The second-order valence-electron chi connectivity index (χ2n) is 5.77. The highest BCUT2D eigenvalue weighted by Gasteiger charge is 2.13. The maximum Gasteiger partial charge on any atom is 0.255 e. The van der Waals surface area contributed by atoms with Gasteiger partial charge in [-0.1, -0.05) is 34.8 Å². The van der Waals surface area contributed by atoms with Gasteiger partial charge in [0.05, 0.1) is 0 Å². The van der Waals surface area contributed by atoms with E-state index in [0.29, 0.717) is 5.56 Å². The molecule has 1 amide bonds. The highest BCUT2D eigenvalue weighted by molar-refractivity contribution is 9.10. The van der Waals surface area contributed by atoms with Crippen molar-refractivity contribution >= 4 is 33.3 Å². The fraction of sp³-hybridized carbons (Fsp3) is 0.333. The van der Waals surface area contributed by atoms with Crippen LogP contribution in [0, 0.1) is 0 Å². The largest absolute Gasteiger partial charge is 0.357 e. The summed E-state index contributed by atoms with van der Waals surface area (Å²) in [7, 11) is 0. The molecule has 1 N–H and O–H groups in total. The molecule has 1 aromatic carbocycles. The van der Waals surface area contributed by atoms with E-state index >= 15 is 0 Å². The Morgan fingerprint density at radius 1 is 1.09 bits per heavy atom. The zero-order chi connectivity index (χ0) is 16.1. The number of nitrogens with one attached hydrogen (secondary N) is 1. The molecule has 1 fully saturated rings. The van der Waals surface area contributed by atoms with Gasteiger partial charge in [0, 0.05) is 35.0 Å². The number of anilines is 2. The highest BCUT2D eigenvalue weighted by atomic mass is 79.9. The zero-order valence-corrected chi connectivity index (χ0v) is 14.6. The Morgan fingerprint density at radius 2 is 1.87 bits per heavy atom. The van der Waals surface area contributed by atoms with Gasteiger partial charge in [-0.15, -0.1) is 0 Å². The molecule has 0 bridgehead atoms. The number of nitrogens with zero attached hydrogens (tertiary/aromatic N) is 2. The van der Waals surface area contributed by atoms with Crippen LogP contribution in [-0.2, 0) is 0 Å². The number of pyridine rings is 1. The smallest absolute Gasteiger partial charge is 0.255 e. The molecule has 0 atom stereocenters. The fourth-order valence-corrected chi connectivity index (χ4v) is 3.20. The standard InChI is InChI=1S/C18H20BrN3O/c19-15-6-5-7-16(13-15)21-18(23)14-8-9-20-17(12-14)22-10-3-1-2-4-11-22/h5-9,12-13H,1-4,10-11H2,(H,21,23). The van der Waals surface area contributed by atoms with Gasteiger partial charge in [0.1, 0.15) is 5.82 Å². The molecule has 2 heterocycles. The van der Waals surface area contributed by atoms with Crippen LogP contribution >= 0.6 is 15.9 Å². The number of carbonyl (C=O) groups is 1. The molecule has 5 heteroatoms. The summed E-state index contributed by atoms with van der Waals surface area (Å²) in [6.45, 7) is 2.04. The summed E-state index contributed by atoms with van der Waals surface area (Å²) in [5.74, 6) is 0.787. The first-order chi connectivity index (χ1) is 11.2. The third-order valence-electron chi connectivity index (χ3n) is 4.02. The van der Waals surface area contributed by atoms with Crippen LogP contribution in [0.2, 0.25) is 0 Å².